The smallest absolute Gasteiger partial charge is 0.306 e. The predicted octanol–water partition coefficient (Wildman–Crippen LogP) is 24.6. The fourth-order valence-corrected chi connectivity index (χ4v) is 9.94. The molecule has 0 rings (SSSR count). The summed E-state index contributed by atoms with van der Waals surface area (Å²) in [6.07, 6.45) is 96.9. The summed E-state index contributed by atoms with van der Waals surface area (Å²) in [5.74, 6) is -0.893. The molecule has 0 heterocycles. The summed E-state index contributed by atoms with van der Waals surface area (Å²) in [6, 6.07) is 0. The molecule has 0 aromatic heterocycles. The zero-order valence-electron chi connectivity index (χ0n) is 54.7. The minimum Gasteiger partial charge on any atom is -0.462 e. The van der Waals surface area contributed by atoms with Gasteiger partial charge in [-0.25, -0.2) is 0 Å². The Hall–Kier alpha value is -3.93. The van der Waals surface area contributed by atoms with E-state index in [1.165, 1.54) is 173 Å². The van der Waals surface area contributed by atoms with Crippen LogP contribution in [0.5, 0.6) is 0 Å². The van der Waals surface area contributed by atoms with Crippen LogP contribution in [-0.4, -0.2) is 37.2 Å². The quantitative estimate of drug-likeness (QED) is 0.0261. The van der Waals surface area contributed by atoms with Crippen LogP contribution < -0.4 is 0 Å². The van der Waals surface area contributed by atoms with Gasteiger partial charge in [-0.15, -0.1) is 0 Å². The van der Waals surface area contributed by atoms with E-state index in [-0.39, 0.29) is 31.1 Å². The molecule has 1 atom stereocenters. The highest BCUT2D eigenvalue weighted by molar-refractivity contribution is 5.71. The molecule has 6 heteroatoms. The van der Waals surface area contributed by atoms with Crippen molar-refractivity contribution < 1.29 is 28.6 Å². The molecule has 476 valence electrons. The van der Waals surface area contributed by atoms with Gasteiger partial charge >= 0.3 is 17.9 Å². The molecule has 0 aliphatic carbocycles. The Morgan fingerprint density at radius 2 is 0.470 bits per heavy atom. The molecule has 1 unspecified atom stereocenters. The van der Waals surface area contributed by atoms with Crippen molar-refractivity contribution >= 4 is 17.9 Å². The number of unbranched alkanes of at least 4 members (excludes halogenated alkanes) is 35. The van der Waals surface area contributed by atoms with Crippen molar-refractivity contribution in [2.75, 3.05) is 13.2 Å². The average Bonchev–Trinajstić information content (AvgIpc) is 3.49. The minimum atomic E-state index is -0.789. The lowest BCUT2D eigenvalue weighted by atomic mass is 10.0. The van der Waals surface area contributed by atoms with Gasteiger partial charge in [0.25, 0.3) is 0 Å². The third kappa shape index (κ3) is 68.7. The van der Waals surface area contributed by atoms with Crippen LogP contribution in [0.25, 0.3) is 0 Å². The summed E-state index contributed by atoms with van der Waals surface area (Å²) >= 11 is 0. The first-order chi connectivity index (χ1) is 41.0. The number of hydrogen-bond acceptors (Lipinski definition) is 6. The summed E-state index contributed by atoms with van der Waals surface area (Å²) in [4.78, 5) is 38.4. The van der Waals surface area contributed by atoms with Gasteiger partial charge in [0.15, 0.2) is 6.10 Å². The fourth-order valence-electron chi connectivity index (χ4n) is 9.94. The van der Waals surface area contributed by atoms with Gasteiger partial charge in [0, 0.05) is 19.3 Å². The first-order valence-corrected chi connectivity index (χ1v) is 35.4. The van der Waals surface area contributed by atoms with E-state index in [4.69, 9.17) is 14.2 Å². The molecule has 0 aromatic rings. The second-order valence-electron chi connectivity index (χ2n) is 23.4. The molecule has 83 heavy (non-hydrogen) atoms. The standard InChI is InChI=1S/C77H132O6/c1-4-7-10-13-16-19-22-25-28-30-31-32-33-34-35-36-37-38-39-40-41-42-43-44-45-46-47-48-50-52-55-58-61-64-67-70-76(79)82-73-74(72-81-75(78)69-66-63-60-57-54-51-27-24-21-18-15-12-9-6-3)83-77(80)71-68-65-62-59-56-53-49-29-26-23-20-17-14-11-8-5-2/h7,10,16,19-20,23-25,27-29,31-32,34-35,37-38,49,74H,4-6,8-9,11-15,17-18,21-22,26,30,33,36,39-48,50-73H2,1-3H3/b10-7-,19-16-,23-20-,27-24-,28-25-,32-31-,35-34-,38-37-,49-29-. The zero-order chi connectivity index (χ0) is 59.9. The average molecular weight is 1150 g/mol. The van der Waals surface area contributed by atoms with Crippen LogP contribution in [0.2, 0.25) is 0 Å². The summed E-state index contributed by atoms with van der Waals surface area (Å²) in [5.41, 5.74) is 0. The molecule has 0 aliphatic heterocycles. The lowest BCUT2D eigenvalue weighted by Crippen LogP contribution is -2.30. The molecule has 0 N–H and O–H groups in total. The molecular weight excluding hydrogens is 1020 g/mol. The maximum Gasteiger partial charge on any atom is 0.306 e. The van der Waals surface area contributed by atoms with E-state index in [2.05, 4.69) is 130 Å². The summed E-state index contributed by atoms with van der Waals surface area (Å²) in [6.45, 7) is 6.51. The minimum absolute atomic E-state index is 0.0836. The van der Waals surface area contributed by atoms with Gasteiger partial charge in [-0.1, -0.05) is 304 Å². The molecule has 0 saturated heterocycles. The number of esters is 3. The van der Waals surface area contributed by atoms with E-state index in [9.17, 15) is 14.4 Å². The predicted molar refractivity (Wildman–Crippen MR) is 362 cm³/mol. The number of allylic oxidation sites excluding steroid dienone is 18. The van der Waals surface area contributed by atoms with Crippen molar-refractivity contribution in [2.45, 2.75) is 348 Å². The van der Waals surface area contributed by atoms with Gasteiger partial charge < -0.3 is 14.2 Å². The normalized spacial score (nSPS) is 12.8. The van der Waals surface area contributed by atoms with Crippen LogP contribution in [0.15, 0.2) is 109 Å². The fraction of sp³-hybridized carbons (Fsp3) is 0.727. The van der Waals surface area contributed by atoms with Crippen molar-refractivity contribution in [1.82, 2.24) is 0 Å². The third-order valence-electron chi connectivity index (χ3n) is 15.2. The van der Waals surface area contributed by atoms with Gasteiger partial charge in [0.2, 0.25) is 0 Å². The van der Waals surface area contributed by atoms with E-state index in [0.29, 0.717) is 19.3 Å². The lowest BCUT2D eigenvalue weighted by Gasteiger charge is -2.18. The highest BCUT2D eigenvalue weighted by Crippen LogP contribution is 2.17. The van der Waals surface area contributed by atoms with Crippen LogP contribution in [-0.2, 0) is 28.6 Å². The van der Waals surface area contributed by atoms with Crippen molar-refractivity contribution in [1.29, 1.82) is 0 Å². The summed E-state index contributed by atoms with van der Waals surface area (Å²) < 4.78 is 16.9. The number of carbonyl (C=O) groups excluding carboxylic acids is 3. The lowest BCUT2D eigenvalue weighted by molar-refractivity contribution is -0.167. The number of rotatable bonds is 64. The zero-order valence-corrected chi connectivity index (χ0v) is 54.7. The molecule has 0 radical (unpaired) electrons. The van der Waals surface area contributed by atoms with Crippen molar-refractivity contribution in [3.8, 4) is 0 Å². The maximum atomic E-state index is 12.9. The van der Waals surface area contributed by atoms with E-state index < -0.39 is 6.10 Å². The molecule has 0 fully saturated rings. The largest absolute Gasteiger partial charge is 0.462 e. The molecule has 0 aromatic carbocycles. The highest BCUT2D eigenvalue weighted by Gasteiger charge is 2.19. The van der Waals surface area contributed by atoms with Crippen molar-refractivity contribution in [3.63, 3.8) is 0 Å². The molecule has 0 amide bonds. The Kier molecular flexibility index (Phi) is 67.2. The molecule has 6 nitrogen and oxygen atoms in total. The van der Waals surface area contributed by atoms with Crippen molar-refractivity contribution in [2.24, 2.45) is 0 Å². The highest BCUT2D eigenvalue weighted by atomic mass is 16.6. The van der Waals surface area contributed by atoms with Crippen LogP contribution in [0.1, 0.15) is 342 Å². The topological polar surface area (TPSA) is 78.9 Å². The van der Waals surface area contributed by atoms with Gasteiger partial charge in [0.05, 0.1) is 0 Å². The summed E-state index contributed by atoms with van der Waals surface area (Å²) in [5, 5.41) is 0. The van der Waals surface area contributed by atoms with Gasteiger partial charge in [-0.05, 0) is 128 Å². The second-order valence-corrected chi connectivity index (χ2v) is 23.4. The van der Waals surface area contributed by atoms with Gasteiger partial charge in [0.1, 0.15) is 13.2 Å². The molecular formula is C77H132O6. The molecule has 0 spiro atoms. The van der Waals surface area contributed by atoms with Gasteiger partial charge in [-0.2, -0.15) is 0 Å². The number of hydrogen-bond donors (Lipinski definition) is 0. The van der Waals surface area contributed by atoms with Crippen LogP contribution in [0.4, 0.5) is 0 Å². The van der Waals surface area contributed by atoms with Crippen LogP contribution >= 0.6 is 0 Å². The Labute approximate surface area is 514 Å². The Morgan fingerprint density at radius 3 is 0.759 bits per heavy atom. The van der Waals surface area contributed by atoms with Crippen LogP contribution in [0.3, 0.4) is 0 Å². The SMILES string of the molecule is CC/C=C\C/C=C\C/C=C\C/C=C\C/C=C\C/C=C\CCCCCCCCCCCCCCCCCCC(=O)OCC(COC(=O)CCCCCCC/C=C\CCCCCCC)OC(=O)CCCCCCC/C=C\C/C=C\CCCCCC. The first-order valence-electron chi connectivity index (χ1n) is 35.4. The number of ether oxygens (including phenoxy) is 3. The number of carbonyl (C=O) groups is 3. The van der Waals surface area contributed by atoms with Crippen LogP contribution in [0, 0.1) is 0 Å². The Balaban J connectivity index is 4.18. The van der Waals surface area contributed by atoms with Crippen molar-refractivity contribution in [3.05, 3.63) is 109 Å². The first kappa shape index (κ1) is 79.1. The Morgan fingerprint density at radius 1 is 0.253 bits per heavy atom. The van der Waals surface area contributed by atoms with E-state index in [1.54, 1.807) is 0 Å². The molecule has 0 aliphatic rings. The maximum absolute atomic E-state index is 12.9. The third-order valence-corrected chi connectivity index (χ3v) is 15.2. The summed E-state index contributed by atoms with van der Waals surface area (Å²) in [7, 11) is 0. The second kappa shape index (κ2) is 70.6. The molecule has 0 bridgehead atoms. The van der Waals surface area contributed by atoms with Gasteiger partial charge in [-0.3, -0.25) is 14.4 Å². The van der Waals surface area contributed by atoms with E-state index in [0.717, 1.165) is 128 Å². The molecule has 0 saturated carbocycles. The Bertz CT molecular complexity index is 1660. The van der Waals surface area contributed by atoms with E-state index >= 15 is 0 Å². The van der Waals surface area contributed by atoms with E-state index in [1.807, 2.05) is 0 Å². The monoisotopic (exact) mass is 1150 g/mol.